The highest BCUT2D eigenvalue weighted by molar-refractivity contribution is 7.89. The lowest BCUT2D eigenvalue weighted by molar-refractivity contribution is -0.119. The molecule has 1 atom stereocenters. The predicted molar refractivity (Wildman–Crippen MR) is 111 cm³/mol. The molecule has 5 nitrogen and oxygen atoms in total. The average molecular weight is 394 g/mol. The van der Waals surface area contributed by atoms with Gasteiger partial charge in [-0.2, -0.15) is 4.31 Å². The molecular formula is C22H22N2O3S. The minimum absolute atomic E-state index is 0.224. The normalized spacial score (nSPS) is 17.7. The number of para-hydroxylation sites is 1. The van der Waals surface area contributed by atoms with E-state index >= 15 is 0 Å². The fourth-order valence-electron chi connectivity index (χ4n) is 3.68. The summed E-state index contributed by atoms with van der Waals surface area (Å²) >= 11 is 0. The molecule has 1 unspecified atom stereocenters. The number of nitrogens with one attached hydrogen (secondary N) is 1. The maximum Gasteiger partial charge on any atom is 0.243 e. The van der Waals surface area contributed by atoms with Gasteiger partial charge in [-0.15, -0.1) is 0 Å². The predicted octanol–water partition coefficient (Wildman–Crippen LogP) is 3.94. The number of hydrogen-bond donors (Lipinski definition) is 1. The van der Waals surface area contributed by atoms with E-state index in [-0.39, 0.29) is 10.8 Å². The second kappa shape index (κ2) is 7.37. The van der Waals surface area contributed by atoms with Gasteiger partial charge in [-0.05, 0) is 54.3 Å². The van der Waals surface area contributed by atoms with E-state index < -0.39 is 16.1 Å². The van der Waals surface area contributed by atoms with Gasteiger partial charge >= 0.3 is 0 Å². The van der Waals surface area contributed by atoms with E-state index in [1.807, 2.05) is 55.5 Å². The Balaban J connectivity index is 1.62. The topological polar surface area (TPSA) is 66.5 Å². The van der Waals surface area contributed by atoms with Crippen LogP contribution in [0.1, 0.15) is 18.4 Å². The van der Waals surface area contributed by atoms with Crippen LogP contribution in [0.25, 0.3) is 10.8 Å². The van der Waals surface area contributed by atoms with E-state index in [4.69, 9.17) is 0 Å². The fraction of sp³-hybridized carbons (Fsp3) is 0.227. The zero-order valence-corrected chi connectivity index (χ0v) is 16.4. The summed E-state index contributed by atoms with van der Waals surface area (Å²) in [6.45, 7) is 2.26. The van der Waals surface area contributed by atoms with Crippen molar-refractivity contribution in [1.29, 1.82) is 0 Å². The van der Waals surface area contributed by atoms with E-state index in [2.05, 4.69) is 5.32 Å². The molecular weight excluding hydrogens is 372 g/mol. The summed E-state index contributed by atoms with van der Waals surface area (Å²) in [6.07, 6.45) is 1.18. The number of rotatable bonds is 4. The van der Waals surface area contributed by atoms with Crippen LogP contribution in [0.15, 0.2) is 71.6 Å². The highest BCUT2D eigenvalue weighted by Gasteiger charge is 2.39. The number of amides is 1. The molecule has 3 aromatic rings. The van der Waals surface area contributed by atoms with Crippen molar-refractivity contribution in [3.8, 4) is 0 Å². The van der Waals surface area contributed by atoms with Gasteiger partial charge in [0.25, 0.3) is 0 Å². The molecule has 4 rings (SSSR count). The first-order valence-electron chi connectivity index (χ1n) is 9.34. The molecule has 28 heavy (non-hydrogen) atoms. The van der Waals surface area contributed by atoms with Crippen molar-refractivity contribution >= 4 is 32.4 Å². The van der Waals surface area contributed by atoms with Crippen molar-refractivity contribution in [2.45, 2.75) is 30.7 Å². The quantitative estimate of drug-likeness (QED) is 0.729. The Kier molecular flexibility index (Phi) is 4.91. The van der Waals surface area contributed by atoms with E-state index in [9.17, 15) is 13.2 Å². The smallest absolute Gasteiger partial charge is 0.243 e. The molecule has 0 aromatic heterocycles. The Labute approximate surface area is 165 Å². The summed E-state index contributed by atoms with van der Waals surface area (Å²) in [7, 11) is -3.75. The van der Waals surface area contributed by atoms with Gasteiger partial charge in [0.05, 0.1) is 4.90 Å². The average Bonchev–Trinajstić information content (AvgIpc) is 3.20. The zero-order chi connectivity index (χ0) is 19.7. The first kappa shape index (κ1) is 18.7. The maximum absolute atomic E-state index is 13.3. The second-order valence-electron chi connectivity index (χ2n) is 7.09. The van der Waals surface area contributed by atoms with Gasteiger partial charge in [0.15, 0.2) is 0 Å². The lowest BCUT2D eigenvalue weighted by Crippen LogP contribution is -2.43. The Morgan fingerprint density at radius 2 is 1.71 bits per heavy atom. The van der Waals surface area contributed by atoms with E-state index in [1.165, 1.54) is 4.31 Å². The van der Waals surface area contributed by atoms with Crippen molar-refractivity contribution < 1.29 is 13.2 Å². The Morgan fingerprint density at radius 3 is 2.50 bits per heavy atom. The third kappa shape index (κ3) is 3.41. The van der Waals surface area contributed by atoms with Crippen LogP contribution in [-0.2, 0) is 14.8 Å². The zero-order valence-electron chi connectivity index (χ0n) is 15.6. The molecule has 1 amide bonds. The number of carbonyl (C=O) groups is 1. The number of fused-ring (bicyclic) bond motifs is 1. The minimum atomic E-state index is -3.75. The summed E-state index contributed by atoms with van der Waals surface area (Å²) < 4.78 is 27.9. The van der Waals surface area contributed by atoms with Crippen LogP contribution in [0.3, 0.4) is 0 Å². The van der Waals surface area contributed by atoms with Crippen LogP contribution in [0.2, 0.25) is 0 Å². The second-order valence-corrected chi connectivity index (χ2v) is 8.98. The van der Waals surface area contributed by atoms with E-state index in [0.29, 0.717) is 25.1 Å². The summed E-state index contributed by atoms with van der Waals surface area (Å²) in [5, 5.41) is 4.74. The number of sulfonamides is 1. The molecule has 0 aliphatic carbocycles. The molecule has 144 valence electrons. The summed E-state index contributed by atoms with van der Waals surface area (Å²) in [4.78, 5) is 13.1. The lowest BCUT2D eigenvalue weighted by atomic mass is 10.1. The van der Waals surface area contributed by atoms with Crippen LogP contribution < -0.4 is 5.32 Å². The molecule has 1 aliphatic heterocycles. The summed E-state index contributed by atoms with van der Waals surface area (Å²) in [6, 6.07) is 19.5. The number of carbonyl (C=O) groups excluding carboxylic acids is 1. The first-order valence-corrected chi connectivity index (χ1v) is 10.8. The van der Waals surface area contributed by atoms with Crippen LogP contribution >= 0.6 is 0 Å². The minimum Gasteiger partial charge on any atom is -0.324 e. The monoisotopic (exact) mass is 394 g/mol. The van der Waals surface area contributed by atoms with Crippen molar-refractivity contribution in [1.82, 2.24) is 4.31 Å². The molecule has 0 saturated carbocycles. The third-order valence-corrected chi connectivity index (χ3v) is 7.14. The molecule has 0 spiro atoms. The number of nitrogens with zero attached hydrogens (tertiary/aromatic N) is 1. The molecule has 1 fully saturated rings. The highest BCUT2D eigenvalue weighted by atomic mass is 32.2. The molecule has 1 N–H and O–H groups in total. The lowest BCUT2D eigenvalue weighted by Gasteiger charge is -2.24. The maximum atomic E-state index is 13.3. The molecule has 0 bridgehead atoms. The Bertz CT molecular complexity index is 1140. The van der Waals surface area contributed by atoms with Crippen molar-refractivity contribution in [3.63, 3.8) is 0 Å². The van der Waals surface area contributed by atoms with Crippen molar-refractivity contribution in [3.05, 3.63) is 72.3 Å². The fourth-order valence-corrected chi connectivity index (χ4v) is 5.37. The van der Waals surface area contributed by atoms with Crippen molar-refractivity contribution in [2.75, 3.05) is 11.9 Å². The molecule has 1 aliphatic rings. The van der Waals surface area contributed by atoms with Gasteiger partial charge in [0.1, 0.15) is 6.04 Å². The molecule has 3 aromatic carbocycles. The largest absolute Gasteiger partial charge is 0.324 e. The SMILES string of the molecule is Cc1ccccc1NC(=O)C1CCCN1S(=O)(=O)c1ccc2ccccc2c1. The van der Waals surface area contributed by atoms with Gasteiger partial charge in [-0.1, -0.05) is 48.5 Å². The number of anilines is 1. The van der Waals surface area contributed by atoms with Gasteiger partial charge in [0, 0.05) is 12.2 Å². The Morgan fingerprint density at radius 1 is 1.00 bits per heavy atom. The highest BCUT2D eigenvalue weighted by Crippen LogP contribution is 2.29. The van der Waals surface area contributed by atoms with E-state index in [0.717, 1.165) is 16.3 Å². The van der Waals surface area contributed by atoms with Crippen molar-refractivity contribution in [2.24, 2.45) is 0 Å². The molecule has 6 heteroatoms. The van der Waals surface area contributed by atoms with Gasteiger partial charge in [0.2, 0.25) is 15.9 Å². The van der Waals surface area contributed by atoms with Gasteiger partial charge in [-0.25, -0.2) is 8.42 Å². The van der Waals surface area contributed by atoms with E-state index in [1.54, 1.807) is 18.2 Å². The van der Waals surface area contributed by atoms with Crippen LogP contribution in [-0.4, -0.2) is 31.2 Å². The number of hydrogen-bond acceptors (Lipinski definition) is 3. The van der Waals surface area contributed by atoms with Gasteiger partial charge < -0.3 is 5.32 Å². The number of aryl methyl sites for hydroxylation is 1. The van der Waals surface area contributed by atoms with Gasteiger partial charge in [-0.3, -0.25) is 4.79 Å². The summed E-state index contributed by atoms with van der Waals surface area (Å²) in [5.74, 6) is -0.281. The molecule has 1 saturated heterocycles. The Hall–Kier alpha value is -2.70. The molecule has 1 heterocycles. The third-order valence-electron chi connectivity index (χ3n) is 5.24. The number of benzene rings is 3. The van der Waals surface area contributed by atoms with Crippen LogP contribution in [0.5, 0.6) is 0 Å². The summed E-state index contributed by atoms with van der Waals surface area (Å²) in [5.41, 5.74) is 1.65. The standard InChI is InChI=1S/C22H22N2O3S/c1-16-7-2-5-10-20(16)23-22(25)21-11-6-14-24(21)28(26,27)19-13-12-17-8-3-4-9-18(17)15-19/h2-5,7-10,12-13,15,21H,6,11,14H2,1H3,(H,23,25). The van der Waals surface area contributed by atoms with Crippen LogP contribution in [0, 0.1) is 6.92 Å². The van der Waals surface area contributed by atoms with Crippen LogP contribution in [0.4, 0.5) is 5.69 Å². The molecule has 0 radical (unpaired) electrons. The first-order chi connectivity index (χ1) is 13.5.